The largest absolute Gasteiger partial charge is 0.375 e. The normalized spacial score (nSPS) is 10.9. The van der Waals surface area contributed by atoms with Gasteiger partial charge in [0.05, 0.1) is 12.1 Å². The van der Waals surface area contributed by atoms with Gasteiger partial charge in [-0.25, -0.2) is 4.98 Å². The number of nitrogens with zero attached hydrogens (tertiary/aromatic N) is 2. The molecule has 0 spiro atoms. The van der Waals surface area contributed by atoms with Crippen molar-refractivity contribution in [2.45, 2.75) is 24.0 Å². The van der Waals surface area contributed by atoms with Crippen molar-refractivity contribution in [3.63, 3.8) is 0 Å². The monoisotopic (exact) mass is 405 g/mol. The summed E-state index contributed by atoms with van der Waals surface area (Å²) in [6, 6.07) is 20.5. The van der Waals surface area contributed by atoms with Crippen LogP contribution in [-0.2, 0) is 17.0 Å². The van der Waals surface area contributed by atoms with Crippen molar-refractivity contribution in [2.24, 2.45) is 0 Å². The Morgan fingerprint density at radius 1 is 1.10 bits per heavy atom. The molecule has 0 fully saturated rings. The van der Waals surface area contributed by atoms with E-state index in [0.29, 0.717) is 29.3 Å². The number of carbonyl (C=O) groups excluding carboxylic acids is 1. The van der Waals surface area contributed by atoms with Gasteiger partial charge in [-0.1, -0.05) is 30.3 Å². The summed E-state index contributed by atoms with van der Waals surface area (Å²) in [5.41, 5.74) is 2.71. The maximum absolute atomic E-state index is 12.2. The summed E-state index contributed by atoms with van der Waals surface area (Å²) < 4.78 is 6.49. The quantitative estimate of drug-likeness (QED) is 0.490. The minimum atomic E-state index is -0.227. The summed E-state index contributed by atoms with van der Waals surface area (Å²) in [6.45, 7) is 1.78. The summed E-state index contributed by atoms with van der Waals surface area (Å²) in [4.78, 5) is 29.7. The van der Waals surface area contributed by atoms with Gasteiger partial charge in [-0.05, 0) is 36.8 Å². The fourth-order valence-corrected chi connectivity index (χ4v) is 3.72. The predicted molar refractivity (Wildman–Crippen MR) is 113 cm³/mol. The minimum Gasteiger partial charge on any atom is -0.375 e. The lowest BCUT2D eigenvalue weighted by Crippen LogP contribution is -2.14. The minimum absolute atomic E-state index is 0.0509. The number of aryl methyl sites for hydroxylation is 1. The molecule has 0 bridgehead atoms. The van der Waals surface area contributed by atoms with Crippen LogP contribution in [0.25, 0.3) is 5.65 Å². The molecule has 2 heterocycles. The average molecular weight is 405 g/mol. The number of rotatable bonds is 6. The number of thioether (sulfide) groups is 1. The molecule has 0 atom stereocenters. The van der Waals surface area contributed by atoms with E-state index in [2.05, 4.69) is 10.3 Å². The number of carbonyl (C=O) groups is 1. The topological polar surface area (TPSA) is 76.6 Å². The summed E-state index contributed by atoms with van der Waals surface area (Å²) in [7, 11) is 0. The molecule has 0 unspecified atom stereocenters. The number of fused-ring (bicyclic) bond motifs is 1. The van der Waals surface area contributed by atoms with Crippen LogP contribution in [0, 0.1) is 6.92 Å². The van der Waals surface area contributed by atoms with Gasteiger partial charge in [0.2, 0.25) is 5.91 Å². The highest BCUT2D eigenvalue weighted by Gasteiger charge is 2.08. The summed E-state index contributed by atoms with van der Waals surface area (Å²) in [5.74, 6) is 1.16. The molecule has 1 amide bonds. The first-order valence-corrected chi connectivity index (χ1v) is 10.1. The van der Waals surface area contributed by atoms with Crippen molar-refractivity contribution in [1.82, 2.24) is 9.56 Å². The number of anilines is 1. The third kappa shape index (κ3) is 4.75. The first kappa shape index (κ1) is 19.0. The van der Waals surface area contributed by atoms with Gasteiger partial charge in [0, 0.05) is 28.5 Å². The van der Waals surface area contributed by atoms with Crippen molar-refractivity contribution in [2.75, 3.05) is 5.32 Å². The van der Waals surface area contributed by atoms with Crippen molar-refractivity contribution in [1.29, 1.82) is 0 Å². The highest BCUT2D eigenvalue weighted by Crippen LogP contribution is 2.23. The molecule has 6 nitrogen and oxygen atoms in total. The number of benzene rings is 2. The first-order valence-electron chi connectivity index (χ1n) is 9.13. The van der Waals surface area contributed by atoms with Crippen LogP contribution in [0.5, 0.6) is 0 Å². The number of nitrogens with one attached hydrogen (secondary N) is 1. The Morgan fingerprint density at radius 3 is 2.62 bits per heavy atom. The highest BCUT2D eigenvalue weighted by atomic mass is 32.2. The molecule has 146 valence electrons. The molecule has 0 aliphatic carbocycles. The lowest BCUT2D eigenvalue weighted by Gasteiger charge is -2.07. The molecule has 0 saturated heterocycles. The zero-order valence-corrected chi connectivity index (χ0v) is 16.6. The Hall–Kier alpha value is -3.32. The smallest absolute Gasteiger partial charge is 0.287 e. The third-order valence-corrected chi connectivity index (χ3v) is 5.30. The highest BCUT2D eigenvalue weighted by molar-refractivity contribution is 7.98. The molecule has 1 N–H and O–H groups in total. The molecule has 29 heavy (non-hydrogen) atoms. The van der Waals surface area contributed by atoms with E-state index >= 15 is 0 Å². The molecule has 4 aromatic rings. The number of amides is 1. The Kier molecular flexibility index (Phi) is 5.48. The third-order valence-electron chi connectivity index (χ3n) is 4.26. The van der Waals surface area contributed by atoms with Gasteiger partial charge in [-0.15, -0.1) is 16.3 Å². The second kappa shape index (κ2) is 8.36. The van der Waals surface area contributed by atoms with Gasteiger partial charge in [0.15, 0.2) is 5.65 Å². The predicted octanol–water partition coefficient (Wildman–Crippen LogP) is 4.07. The molecule has 2 aromatic carbocycles. The van der Waals surface area contributed by atoms with E-state index in [-0.39, 0.29) is 11.5 Å². The molecular weight excluding hydrogens is 386 g/mol. The number of hydrogen-bond donors (Lipinski definition) is 1. The lowest BCUT2D eigenvalue weighted by atomic mass is 10.1. The van der Waals surface area contributed by atoms with Gasteiger partial charge >= 0.3 is 0 Å². The van der Waals surface area contributed by atoms with E-state index in [1.807, 2.05) is 54.6 Å². The van der Waals surface area contributed by atoms with Crippen LogP contribution in [0.3, 0.4) is 0 Å². The molecule has 0 aliphatic heterocycles. The van der Waals surface area contributed by atoms with Gasteiger partial charge in [-0.2, -0.15) is 0 Å². The van der Waals surface area contributed by atoms with Crippen molar-refractivity contribution in [3.8, 4) is 0 Å². The average Bonchev–Trinajstić information content (AvgIpc) is 3.09. The van der Waals surface area contributed by atoms with E-state index in [0.717, 1.165) is 16.1 Å². The molecular formula is C22H19N3O3S. The fraction of sp³-hybridized carbons (Fsp3) is 0.136. The number of aromatic nitrogens is 2. The first-order chi connectivity index (χ1) is 14.1. The zero-order chi connectivity index (χ0) is 20.2. The van der Waals surface area contributed by atoms with Gasteiger partial charge < -0.3 is 9.84 Å². The molecule has 7 heteroatoms. The van der Waals surface area contributed by atoms with Crippen molar-refractivity contribution in [3.05, 3.63) is 94.1 Å². The maximum atomic E-state index is 12.2. The molecule has 0 aliphatic rings. The second-order valence-corrected chi connectivity index (χ2v) is 7.66. The van der Waals surface area contributed by atoms with Gasteiger partial charge in [0.1, 0.15) is 5.76 Å². The fourth-order valence-electron chi connectivity index (χ4n) is 2.93. The van der Waals surface area contributed by atoms with Crippen molar-refractivity contribution < 1.29 is 9.32 Å². The summed E-state index contributed by atoms with van der Waals surface area (Å²) in [5, 5.41) is 2.91. The standard InChI is InChI=1S/C22H19N3O3S/c1-15-11-20-23-18(13-22(27)25(20)28-15)14-29-19-9-7-17(8-10-19)24-21(26)12-16-5-3-2-4-6-16/h2-11,13H,12,14H2,1H3,(H,24,26). The van der Waals surface area contributed by atoms with E-state index in [1.165, 1.54) is 10.6 Å². The Balaban J connectivity index is 1.36. The van der Waals surface area contributed by atoms with Crippen LogP contribution < -0.4 is 10.9 Å². The Bertz CT molecular complexity index is 1200. The molecule has 2 aromatic heterocycles. The molecule has 0 saturated carbocycles. The zero-order valence-electron chi connectivity index (χ0n) is 15.8. The summed E-state index contributed by atoms with van der Waals surface area (Å²) in [6.07, 6.45) is 0.342. The SMILES string of the molecule is Cc1cc2nc(CSc3ccc(NC(=O)Cc4ccccc4)cc3)cc(=O)n2o1. The van der Waals surface area contributed by atoms with Crippen LogP contribution in [0.4, 0.5) is 5.69 Å². The number of hydrogen-bond acceptors (Lipinski definition) is 5. The second-order valence-electron chi connectivity index (χ2n) is 6.61. The van der Waals surface area contributed by atoms with E-state index in [1.54, 1.807) is 24.8 Å². The lowest BCUT2D eigenvalue weighted by molar-refractivity contribution is -0.115. The van der Waals surface area contributed by atoms with Crippen LogP contribution >= 0.6 is 11.8 Å². The Morgan fingerprint density at radius 2 is 1.86 bits per heavy atom. The van der Waals surface area contributed by atoms with Crippen LogP contribution in [0.2, 0.25) is 0 Å². The van der Waals surface area contributed by atoms with Crippen molar-refractivity contribution >= 4 is 29.0 Å². The van der Waals surface area contributed by atoms with E-state index < -0.39 is 0 Å². The van der Waals surface area contributed by atoms with Gasteiger partial charge in [-0.3, -0.25) is 9.59 Å². The van der Waals surface area contributed by atoms with Crippen LogP contribution in [0.1, 0.15) is 17.0 Å². The van der Waals surface area contributed by atoms with Crippen LogP contribution in [-0.4, -0.2) is 15.5 Å². The summed E-state index contributed by atoms with van der Waals surface area (Å²) >= 11 is 1.57. The molecule has 4 rings (SSSR count). The van der Waals surface area contributed by atoms with E-state index in [9.17, 15) is 9.59 Å². The Labute approximate surface area is 171 Å². The van der Waals surface area contributed by atoms with Gasteiger partial charge in [0.25, 0.3) is 5.56 Å². The molecule has 0 radical (unpaired) electrons. The van der Waals surface area contributed by atoms with Crippen LogP contribution in [0.15, 0.2) is 80.9 Å². The maximum Gasteiger partial charge on any atom is 0.287 e. The van der Waals surface area contributed by atoms with E-state index in [4.69, 9.17) is 4.52 Å².